The number of hydrogen-bond donors (Lipinski definition) is 1. The molecule has 0 aliphatic carbocycles. The number of fused-ring (bicyclic) bond motifs is 1. The average Bonchev–Trinajstić information content (AvgIpc) is 3.11. The van der Waals surface area contributed by atoms with Crippen molar-refractivity contribution in [2.75, 3.05) is 33.7 Å². The second-order valence-corrected chi connectivity index (χ2v) is 8.84. The van der Waals surface area contributed by atoms with Gasteiger partial charge in [-0.05, 0) is 89.6 Å². The van der Waals surface area contributed by atoms with Crippen LogP contribution in [0.3, 0.4) is 0 Å². The van der Waals surface area contributed by atoms with Crippen molar-refractivity contribution in [3.63, 3.8) is 0 Å². The fraction of sp³-hybridized carbons (Fsp3) is 0.480. The van der Waals surface area contributed by atoms with E-state index < -0.39 is 0 Å². The van der Waals surface area contributed by atoms with Crippen LogP contribution in [0.25, 0.3) is 22.0 Å². The summed E-state index contributed by atoms with van der Waals surface area (Å²) in [5, 5.41) is 10.0. The maximum absolute atomic E-state index is 5.16. The predicted octanol–water partition coefficient (Wildman–Crippen LogP) is 4.99. The number of hydrogen-bond acceptors (Lipinski definition) is 3. The largest absolute Gasteiger partial charge is 0.317 e. The molecule has 0 spiro atoms. The summed E-state index contributed by atoms with van der Waals surface area (Å²) in [5.41, 5.74) is 6.45. The molecular formula is C25H34N4. The summed E-state index contributed by atoms with van der Waals surface area (Å²) in [4.78, 5) is 2.26. The van der Waals surface area contributed by atoms with Gasteiger partial charge in [0.15, 0.2) is 0 Å². The van der Waals surface area contributed by atoms with Gasteiger partial charge in [0.25, 0.3) is 0 Å². The number of benzene rings is 2. The van der Waals surface area contributed by atoms with E-state index >= 15 is 0 Å². The fourth-order valence-corrected chi connectivity index (χ4v) is 4.59. The molecule has 0 bridgehead atoms. The summed E-state index contributed by atoms with van der Waals surface area (Å²) in [7, 11) is 4.29. The van der Waals surface area contributed by atoms with Crippen LogP contribution in [0.1, 0.15) is 49.4 Å². The SMILES string of the molecule is Cc1ccccc1-c1ccc2c(C3CCNCC3)n(C(C)CCN(C)C)nc2c1. The lowest BCUT2D eigenvalue weighted by Gasteiger charge is -2.26. The molecule has 1 aromatic heterocycles. The summed E-state index contributed by atoms with van der Waals surface area (Å²) < 4.78 is 2.35. The van der Waals surface area contributed by atoms with Crippen molar-refractivity contribution in [1.82, 2.24) is 20.0 Å². The Bertz CT molecular complexity index is 966. The first kappa shape index (κ1) is 20.1. The van der Waals surface area contributed by atoms with Gasteiger partial charge in [-0.2, -0.15) is 5.10 Å². The first-order valence-electron chi connectivity index (χ1n) is 11.0. The van der Waals surface area contributed by atoms with Crippen LogP contribution >= 0.6 is 0 Å². The van der Waals surface area contributed by atoms with Crippen LogP contribution in [-0.2, 0) is 0 Å². The molecular weight excluding hydrogens is 356 g/mol. The van der Waals surface area contributed by atoms with E-state index in [1.165, 1.54) is 40.6 Å². The molecule has 1 aliphatic rings. The van der Waals surface area contributed by atoms with Crippen LogP contribution in [-0.4, -0.2) is 48.4 Å². The Morgan fingerprint density at radius 1 is 1.14 bits per heavy atom. The van der Waals surface area contributed by atoms with Gasteiger partial charge in [-0.25, -0.2) is 0 Å². The van der Waals surface area contributed by atoms with Gasteiger partial charge in [0, 0.05) is 17.0 Å². The number of aromatic nitrogens is 2. The molecule has 3 aromatic rings. The van der Waals surface area contributed by atoms with Crippen molar-refractivity contribution in [1.29, 1.82) is 0 Å². The molecule has 1 fully saturated rings. The third-order valence-electron chi connectivity index (χ3n) is 6.33. The highest BCUT2D eigenvalue weighted by Gasteiger charge is 2.25. The van der Waals surface area contributed by atoms with Gasteiger partial charge >= 0.3 is 0 Å². The molecule has 1 aliphatic heterocycles. The van der Waals surface area contributed by atoms with E-state index in [9.17, 15) is 0 Å². The van der Waals surface area contributed by atoms with Crippen molar-refractivity contribution in [2.24, 2.45) is 0 Å². The van der Waals surface area contributed by atoms with Crippen molar-refractivity contribution >= 4 is 10.9 Å². The Kier molecular flexibility index (Phi) is 6.02. The maximum Gasteiger partial charge on any atom is 0.0932 e. The van der Waals surface area contributed by atoms with E-state index in [-0.39, 0.29) is 0 Å². The standard InChI is InChI=1S/C25H34N4/c1-18-7-5-6-8-22(18)21-9-10-23-24(17-21)27-29(19(2)13-16-28(3)4)25(23)20-11-14-26-15-12-20/h5-10,17,19-20,26H,11-16H2,1-4H3. The van der Waals surface area contributed by atoms with E-state index in [0.717, 1.165) is 31.6 Å². The van der Waals surface area contributed by atoms with E-state index in [4.69, 9.17) is 5.10 Å². The van der Waals surface area contributed by atoms with Crippen molar-refractivity contribution in [3.8, 4) is 11.1 Å². The zero-order valence-corrected chi connectivity index (χ0v) is 18.3. The van der Waals surface area contributed by atoms with Gasteiger partial charge in [-0.1, -0.05) is 36.4 Å². The molecule has 154 valence electrons. The fourth-order valence-electron chi connectivity index (χ4n) is 4.59. The molecule has 1 unspecified atom stereocenters. The van der Waals surface area contributed by atoms with Crippen LogP contribution in [0.5, 0.6) is 0 Å². The molecule has 2 aromatic carbocycles. The Morgan fingerprint density at radius 3 is 2.62 bits per heavy atom. The Hall–Kier alpha value is -2.17. The molecule has 4 heteroatoms. The van der Waals surface area contributed by atoms with E-state index in [0.29, 0.717) is 12.0 Å². The Balaban J connectivity index is 1.78. The van der Waals surface area contributed by atoms with Gasteiger partial charge in [0.1, 0.15) is 0 Å². The highest BCUT2D eigenvalue weighted by atomic mass is 15.3. The molecule has 0 amide bonds. The van der Waals surface area contributed by atoms with Crippen molar-refractivity contribution in [2.45, 2.75) is 45.1 Å². The summed E-state index contributed by atoms with van der Waals surface area (Å²) in [6, 6.07) is 15.9. The monoisotopic (exact) mass is 390 g/mol. The third kappa shape index (κ3) is 4.24. The molecule has 29 heavy (non-hydrogen) atoms. The minimum absolute atomic E-state index is 0.400. The zero-order chi connectivity index (χ0) is 20.4. The second kappa shape index (κ2) is 8.68. The number of piperidine rings is 1. The summed E-state index contributed by atoms with van der Waals surface area (Å²) >= 11 is 0. The molecule has 4 nitrogen and oxygen atoms in total. The summed E-state index contributed by atoms with van der Waals surface area (Å²) in [6.45, 7) is 7.79. The normalized spacial score (nSPS) is 16.6. The minimum Gasteiger partial charge on any atom is -0.317 e. The van der Waals surface area contributed by atoms with Crippen LogP contribution in [0.15, 0.2) is 42.5 Å². The van der Waals surface area contributed by atoms with E-state index in [2.05, 4.69) is 85.3 Å². The summed E-state index contributed by atoms with van der Waals surface area (Å²) in [6.07, 6.45) is 3.51. The van der Waals surface area contributed by atoms with Crippen LogP contribution in [0, 0.1) is 6.92 Å². The molecule has 1 saturated heterocycles. The van der Waals surface area contributed by atoms with Crippen molar-refractivity contribution < 1.29 is 0 Å². The number of rotatable bonds is 6. The average molecular weight is 391 g/mol. The lowest BCUT2D eigenvalue weighted by Crippen LogP contribution is -2.28. The lowest BCUT2D eigenvalue weighted by molar-refractivity contribution is 0.334. The highest BCUT2D eigenvalue weighted by Crippen LogP contribution is 2.36. The van der Waals surface area contributed by atoms with Gasteiger partial charge in [-0.3, -0.25) is 4.68 Å². The second-order valence-electron chi connectivity index (χ2n) is 8.84. The van der Waals surface area contributed by atoms with Gasteiger partial charge in [-0.15, -0.1) is 0 Å². The number of nitrogens with one attached hydrogen (secondary N) is 1. The lowest BCUT2D eigenvalue weighted by atomic mass is 9.91. The first-order valence-corrected chi connectivity index (χ1v) is 11.0. The van der Waals surface area contributed by atoms with Crippen LogP contribution < -0.4 is 5.32 Å². The first-order chi connectivity index (χ1) is 14.0. The smallest absolute Gasteiger partial charge is 0.0932 e. The molecule has 1 N–H and O–H groups in total. The topological polar surface area (TPSA) is 33.1 Å². The van der Waals surface area contributed by atoms with Gasteiger partial charge in [0.2, 0.25) is 0 Å². The summed E-state index contributed by atoms with van der Waals surface area (Å²) in [5.74, 6) is 0.590. The van der Waals surface area contributed by atoms with E-state index in [1.54, 1.807) is 0 Å². The molecule has 4 rings (SSSR count). The highest BCUT2D eigenvalue weighted by molar-refractivity contribution is 5.87. The van der Waals surface area contributed by atoms with E-state index in [1.807, 2.05) is 0 Å². The Morgan fingerprint density at radius 2 is 1.90 bits per heavy atom. The molecule has 2 heterocycles. The molecule has 0 saturated carbocycles. The predicted molar refractivity (Wildman–Crippen MR) is 123 cm³/mol. The van der Waals surface area contributed by atoms with Crippen LogP contribution in [0.4, 0.5) is 0 Å². The number of nitrogens with zero attached hydrogens (tertiary/aromatic N) is 3. The maximum atomic E-state index is 5.16. The molecule has 1 atom stereocenters. The van der Waals surface area contributed by atoms with Crippen LogP contribution in [0.2, 0.25) is 0 Å². The minimum atomic E-state index is 0.400. The van der Waals surface area contributed by atoms with Crippen molar-refractivity contribution in [3.05, 3.63) is 53.7 Å². The van der Waals surface area contributed by atoms with Gasteiger partial charge in [0.05, 0.1) is 11.6 Å². The Labute approximate surface area is 174 Å². The zero-order valence-electron chi connectivity index (χ0n) is 18.3. The molecule has 0 radical (unpaired) electrons. The quantitative estimate of drug-likeness (QED) is 0.643. The third-order valence-corrected chi connectivity index (χ3v) is 6.33. The number of aryl methyl sites for hydroxylation is 1. The van der Waals surface area contributed by atoms with Gasteiger partial charge < -0.3 is 10.2 Å².